The van der Waals surface area contributed by atoms with E-state index in [1.54, 1.807) is 26.4 Å². The molecule has 0 atom stereocenters. The van der Waals surface area contributed by atoms with Gasteiger partial charge in [0.1, 0.15) is 28.3 Å². The molecule has 3 aromatic heterocycles. The molecule has 4 aromatic rings. The van der Waals surface area contributed by atoms with E-state index in [1.807, 2.05) is 28.8 Å². The van der Waals surface area contributed by atoms with Crippen molar-refractivity contribution in [2.45, 2.75) is 0 Å². The maximum atomic E-state index is 12.5. The van der Waals surface area contributed by atoms with Gasteiger partial charge in [-0.2, -0.15) is 0 Å². The second-order valence-electron chi connectivity index (χ2n) is 4.94. The van der Waals surface area contributed by atoms with Crippen LogP contribution in [-0.2, 0) is 0 Å². The van der Waals surface area contributed by atoms with Crippen LogP contribution in [0.15, 0.2) is 41.3 Å². The lowest BCUT2D eigenvalue weighted by Crippen LogP contribution is -2.08. The number of imidazole rings is 1. The van der Waals surface area contributed by atoms with Crippen molar-refractivity contribution in [1.29, 1.82) is 0 Å². The summed E-state index contributed by atoms with van der Waals surface area (Å²) in [6, 6.07) is 9.13. The number of pyridine rings is 2. The van der Waals surface area contributed by atoms with E-state index in [2.05, 4.69) is 9.97 Å². The number of nitrogens with one attached hydrogen (secondary N) is 1. The van der Waals surface area contributed by atoms with Crippen LogP contribution in [0.5, 0.6) is 11.5 Å². The SMILES string of the molecule is COc1cc(OC)c2c(c1)c(=O)[nH]c1c2nc2ccccn21. The van der Waals surface area contributed by atoms with Crippen molar-refractivity contribution in [3.63, 3.8) is 0 Å². The van der Waals surface area contributed by atoms with E-state index in [0.717, 1.165) is 5.65 Å². The number of hydrogen-bond acceptors (Lipinski definition) is 4. The molecule has 0 spiro atoms. The lowest BCUT2D eigenvalue weighted by atomic mass is 10.1. The number of hydrogen-bond donors (Lipinski definition) is 1. The Kier molecular flexibility index (Phi) is 2.59. The number of nitrogens with zero attached hydrogens (tertiary/aromatic N) is 2. The van der Waals surface area contributed by atoms with Gasteiger partial charge in [-0.05, 0) is 18.2 Å². The zero-order valence-corrected chi connectivity index (χ0v) is 12.1. The quantitative estimate of drug-likeness (QED) is 0.616. The van der Waals surface area contributed by atoms with Crippen LogP contribution in [0.2, 0.25) is 0 Å². The fourth-order valence-corrected chi connectivity index (χ4v) is 2.76. The number of rotatable bonds is 2. The van der Waals surface area contributed by atoms with E-state index < -0.39 is 0 Å². The summed E-state index contributed by atoms with van der Waals surface area (Å²) in [7, 11) is 3.12. The smallest absolute Gasteiger partial charge is 0.257 e. The van der Waals surface area contributed by atoms with Crippen molar-refractivity contribution in [1.82, 2.24) is 14.4 Å². The second kappa shape index (κ2) is 4.49. The summed E-state index contributed by atoms with van der Waals surface area (Å²) in [6.07, 6.45) is 1.86. The zero-order chi connectivity index (χ0) is 15.3. The summed E-state index contributed by atoms with van der Waals surface area (Å²) in [5, 5.41) is 1.18. The lowest BCUT2D eigenvalue weighted by Gasteiger charge is -2.08. The third kappa shape index (κ3) is 1.60. The fraction of sp³-hybridized carbons (Fsp3) is 0.125. The van der Waals surface area contributed by atoms with Gasteiger partial charge in [-0.3, -0.25) is 9.20 Å². The standard InChI is InChI=1S/C16H13N3O3/c1-21-9-7-10-13(11(8-9)22-2)14-15(18-16(10)20)19-6-4-3-5-12(19)17-14/h3-8H,1-2H3,(H,18,20). The lowest BCUT2D eigenvalue weighted by molar-refractivity contribution is 0.398. The molecular formula is C16H13N3O3. The highest BCUT2D eigenvalue weighted by molar-refractivity contribution is 6.07. The zero-order valence-electron chi connectivity index (χ0n) is 12.1. The largest absolute Gasteiger partial charge is 0.497 e. The van der Waals surface area contributed by atoms with Gasteiger partial charge in [0.2, 0.25) is 0 Å². The Hall–Kier alpha value is -3.02. The van der Waals surface area contributed by atoms with Crippen molar-refractivity contribution in [3.8, 4) is 11.5 Å². The maximum absolute atomic E-state index is 12.5. The van der Waals surface area contributed by atoms with Crippen molar-refractivity contribution < 1.29 is 9.47 Å². The molecule has 3 heterocycles. The Morgan fingerprint density at radius 2 is 2.05 bits per heavy atom. The van der Waals surface area contributed by atoms with Crippen LogP contribution < -0.4 is 15.0 Å². The molecule has 0 amide bonds. The van der Waals surface area contributed by atoms with Crippen LogP contribution >= 0.6 is 0 Å². The summed E-state index contributed by atoms with van der Waals surface area (Å²) < 4.78 is 12.5. The number of aromatic amines is 1. The predicted octanol–water partition coefficient (Wildman–Crippen LogP) is 2.35. The van der Waals surface area contributed by atoms with Gasteiger partial charge in [0.05, 0.1) is 25.0 Å². The van der Waals surface area contributed by atoms with Gasteiger partial charge in [-0.15, -0.1) is 0 Å². The molecule has 22 heavy (non-hydrogen) atoms. The average Bonchev–Trinajstić information content (AvgIpc) is 2.92. The van der Waals surface area contributed by atoms with Crippen LogP contribution in [0, 0.1) is 0 Å². The minimum atomic E-state index is -0.203. The molecule has 0 aliphatic rings. The molecular weight excluding hydrogens is 282 g/mol. The first-order chi connectivity index (χ1) is 10.7. The molecule has 0 unspecified atom stereocenters. The van der Waals surface area contributed by atoms with Crippen molar-refractivity contribution >= 4 is 27.6 Å². The molecule has 0 aliphatic heterocycles. The summed E-state index contributed by atoms with van der Waals surface area (Å²) in [4.78, 5) is 20.0. The second-order valence-corrected chi connectivity index (χ2v) is 4.94. The van der Waals surface area contributed by atoms with Gasteiger partial charge in [-0.25, -0.2) is 4.98 Å². The van der Waals surface area contributed by atoms with Gasteiger partial charge in [0, 0.05) is 12.3 Å². The van der Waals surface area contributed by atoms with Gasteiger partial charge < -0.3 is 14.5 Å². The number of benzene rings is 1. The molecule has 0 saturated heterocycles. The molecule has 0 bridgehead atoms. The number of ether oxygens (including phenoxy) is 2. The normalized spacial score (nSPS) is 11.4. The molecule has 4 rings (SSSR count). The minimum absolute atomic E-state index is 0.203. The van der Waals surface area contributed by atoms with Crippen LogP contribution in [0.25, 0.3) is 27.6 Å². The van der Waals surface area contributed by atoms with Gasteiger partial charge in [0.15, 0.2) is 0 Å². The molecule has 110 valence electrons. The minimum Gasteiger partial charge on any atom is -0.497 e. The Balaban J connectivity index is 2.30. The van der Waals surface area contributed by atoms with E-state index in [4.69, 9.17) is 9.47 Å². The first kappa shape index (κ1) is 12.7. The molecule has 6 nitrogen and oxygen atoms in total. The van der Waals surface area contributed by atoms with Crippen molar-refractivity contribution in [2.24, 2.45) is 0 Å². The first-order valence-corrected chi connectivity index (χ1v) is 6.77. The van der Waals surface area contributed by atoms with Crippen LogP contribution in [-0.4, -0.2) is 28.6 Å². The Morgan fingerprint density at radius 3 is 2.82 bits per heavy atom. The predicted molar refractivity (Wildman–Crippen MR) is 83.9 cm³/mol. The summed E-state index contributed by atoms with van der Waals surface area (Å²) in [5.74, 6) is 1.13. The summed E-state index contributed by atoms with van der Waals surface area (Å²) in [5.41, 5.74) is 1.90. The highest BCUT2D eigenvalue weighted by atomic mass is 16.5. The Morgan fingerprint density at radius 1 is 1.18 bits per heavy atom. The van der Waals surface area contributed by atoms with E-state index in [1.165, 1.54) is 0 Å². The number of H-pyrrole nitrogens is 1. The van der Waals surface area contributed by atoms with Gasteiger partial charge in [-0.1, -0.05) is 6.07 Å². The molecule has 0 saturated carbocycles. The molecule has 0 radical (unpaired) electrons. The fourth-order valence-electron chi connectivity index (χ4n) is 2.76. The molecule has 6 heteroatoms. The topological polar surface area (TPSA) is 68.6 Å². The van der Waals surface area contributed by atoms with Crippen molar-refractivity contribution in [3.05, 3.63) is 46.9 Å². The van der Waals surface area contributed by atoms with Crippen LogP contribution in [0.1, 0.15) is 0 Å². The van der Waals surface area contributed by atoms with Crippen molar-refractivity contribution in [2.75, 3.05) is 14.2 Å². The number of methoxy groups -OCH3 is 2. The summed E-state index contributed by atoms with van der Waals surface area (Å²) >= 11 is 0. The van der Waals surface area contributed by atoms with Gasteiger partial charge >= 0.3 is 0 Å². The average molecular weight is 295 g/mol. The Labute approximate surface area is 124 Å². The highest BCUT2D eigenvalue weighted by Crippen LogP contribution is 2.33. The van der Waals surface area contributed by atoms with E-state index in [-0.39, 0.29) is 5.56 Å². The molecule has 1 aromatic carbocycles. The maximum Gasteiger partial charge on any atom is 0.257 e. The van der Waals surface area contributed by atoms with E-state index in [0.29, 0.717) is 33.4 Å². The number of aromatic nitrogens is 3. The number of fused-ring (bicyclic) bond motifs is 5. The van der Waals surface area contributed by atoms with Crippen LogP contribution in [0.4, 0.5) is 0 Å². The third-order valence-corrected chi connectivity index (χ3v) is 3.77. The summed E-state index contributed by atoms with van der Waals surface area (Å²) in [6.45, 7) is 0. The van der Waals surface area contributed by atoms with Gasteiger partial charge in [0.25, 0.3) is 5.56 Å². The monoisotopic (exact) mass is 295 g/mol. The molecule has 0 fully saturated rings. The third-order valence-electron chi connectivity index (χ3n) is 3.77. The van der Waals surface area contributed by atoms with Crippen LogP contribution in [0.3, 0.4) is 0 Å². The molecule has 1 N–H and O–H groups in total. The van der Waals surface area contributed by atoms with E-state index in [9.17, 15) is 4.79 Å². The Bertz CT molecular complexity index is 1080. The first-order valence-electron chi connectivity index (χ1n) is 6.77. The highest BCUT2D eigenvalue weighted by Gasteiger charge is 2.16. The van der Waals surface area contributed by atoms with E-state index >= 15 is 0 Å². The molecule has 0 aliphatic carbocycles.